The summed E-state index contributed by atoms with van der Waals surface area (Å²) < 4.78 is 46.4. The maximum atomic E-state index is 12.8. The van der Waals surface area contributed by atoms with Crippen molar-refractivity contribution >= 4 is 15.7 Å². The lowest BCUT2D eigenvalue weighted by Crippen LogP contribution is -2.28. The first-order valence-corrected chi connectivity index (χ1v) is 12.3. The molecule has 2 heterocycles. The number of sulfonamides is 1. The Morgan fingerprint density at radius 1 is 0.912 bits per heavy atom. The number of benzene rings is 2. The molecule has 11 heteroatoms. The van der Waals surface area contributed by atoms with Gasteiger partial charge in [-0.25, -0.2) is 13.1 Å². The van der Waals surface area contributed by atoms with E-state index in [1.807, 2.05) is 37.3 Å². The third-order valence-electron chi connectivity index (χ3n) is 4.73. The fraction of sp³-hybridized carbons (Fsp3) is 0.261. The molecule has 0 bridgehead atoms. The van der Waals surface area contributed by atoms with Crippen molar-refractivity contribution < 1.29 is 22.6 Å². The summed E-state index contributed by atoms with van der Waals surface area (Å²) in [4.78, 5) is 0.0364. The van der Waals surface area contributed by atoms with E-state index in [0.717, 1.165) is 5.56 Å². The molecule has 0 aliphatic rings. The summed E-state index contributed by atoms with van der Waals surface area (Å²) in [5.74, 6) is 1.68. The van der Waals surface area contributed by atoms with Gasteiger partial charge in [-0.2, -0.15) is 4.52 Å². The second kappa shape index (κ2) is 10.5. The number of hydrogen-bond donors (Lipinski definition) is 1. The van der Waals surface area contributed by atoms with E-state index in [-0.39, 0.29) is 23.8 Å². The highest BCUT2D eigenvalue weighted by Gasteiger charge is 2.20. The smallest absolute Gasteiger partial charge is 0.244 e. The van der Waals surface area contributed by atoms with Gasteiger partial charge in [0.2, 0.25) is 15.9 Å². The molecular weight excluding hydrogens is 458 g/mol. The number of rotatable bonds is 11. The molecule has 2 aromatic carbocycles. The van der Waals surface area contributed by atoms with Gasteiger partial charge in [0, 0.05) is 24.2 Å². The van der Waals surface area contributed by atoms with Crippen molar-refractivity contribution in [1.29, 1.82) is 0 Å². The van der Waals surface area contributed by atoms with Gasteiger partial charge in [0.1, 0.15) is 23.0 Å². The minimum absolute atomic E-state index is 0.0363. The Morgan fingerprint density at radius 3 is 2.47 bits per heavy atom. The van der Waals surface area contributed by atoms with Crippen LogP contribution < -0.4 is 18.9 Å². The lowest BCUT2D eigenvalue weighted by Gasteiger charge is -2.14. The minimum Gasteiger partial charge on any atom is -0.494 e. The van der Waals surface area contributed by atoms with Crippen LogP contribution in [0.2, 0.25) is 0 Å². The summed E-state index contributed by atoms with van der Waals surface area (Å²) >= 11 is 0. The maximum Gasteiger partial charge on any atom is 0.244 e. The van der Waals surface area contributed by atoms with Gasteiger partial charge in [0.15, 0.2) is 11.5 Å². The Bertz CT molecular complexity index is 1360. The monoisotopic (exact) mass is 483 g/mol. The van der Waals surface area contributed by atoms with E-state index in [0.29, 0.717) is 36.3 Å². The summed E-state index contributed by atoms with van der Waals surface area (Å²) in [6.07, 6.45) is 0. The molecule has 0 amide bonds. The highest BCUT2D eigenvalue weighted by molar-refractivity contribution is 7.89. The van der Waals surface area contributed by atoms with Gasteiger partial charge in [0.25, 0.3) is 0 Å². The Balaban J connectivity index is 1.42. The zero-order valence-corrected chi connectivity index (χ0v) is 19.7. The van der Waals surface area contributed by atoms with E-state index in [4.69, 9.17) is 14.2 Å². The summed E-state index contributed by atoms with van der Waals surface area (Å²) in [6.45, 7) is 4.54. The summed E-state index contributed by atoms with van der Waals surface area (Å²) in [5, 5.41) is 12.7. The first-order chi connectivity index (χ1) is 16.5. The van der Waals surface area contributed by atoms with Crippen LogP contribution in [0, 0.1) is 0 Å². The van der Waals surface area contributed by atoms with Crippen molar-refractivity contribution in [3.05, 3.63) is 60.7 Å². The summed E-state index contributed by atoms with van der Waals surface area (Å²) in [5.41, 5.74) is 1.44. The first-order valence-electron chi connectivity index (χ1n) is 10.8. The van der Waals surface area contributed by atoms with Crippen LogP contribution in [0.4, 0.5) is 0 Å². The van der Waals surface area contributed by atoms with Crippen LogP contribution in [0.3, 0.4) is 0 Å². The molecule has 178 valence electrons. The normalized spacial score (nSPS) is 11.5. The lowest BCUT2D eigenvalue weighted by atomic mass is 10.2. The maximum absolute atomic E-state index is 12.8. The lowest BCUT2D eigenvalue weighted by molar-refractivity contribution is 0.305. The zero-order valence-electron chi connectivity index (χ0n) is 18.8. The van der Waals surface area contributed by atoms with Crippen LogP contribution >= 0.6 is 0 Å². The standard InChI is InChI=1S/C23H25N5O5S/c1-3-31-18-10-11-20(19(16-18)32-4-2)34(29,30)24-14-15-33-22-13-12-21-25-26-23(28(21)27-22)17-8-6-5-7-9-17/h5-13,16,24H,3-4,14-15H2,1-2H3. The van der Waals surface area contributed by atoms with E-state index in [2.05, 4.69) is 20.0 Å². The molecule has 0 aliphatic carbocycles. The van der Waals surface area contributed by atoms with Crippen molar-refractivity contribution in [1.82, 2.24) is 24.5 Å². The second-order valence-electron chi connectivity index (χ2n) is 7.05. The quantitative estimate of drug-likeness (QED) is 0.324. The van der Waals surface area contributed by atoms with Crippen molar-refractivity contribution in [3.8, 4) is 28.8 Å². The molecule has 1 N–H and O–H groups in total. The third kappa shape index (κ3) is 5.26. The average molecular weight is 484 g/mol. The van der Waals surface area contributed by atoms with Gasteiger partial charge in [0.05, 0.1) is 13.2 Å². The predicted molar refractivity (Wildman–Crippen MR) is 126 cm³/mol. The average Bonchev–Trinajstić information content (AvgIpc) is 3.26. The van der Waals surface area contributed by atoms with E-state index in [1.165, 1.54) is 6.07 Å². The Hall–Kier alpha value is -3.70. The van der Waals surface area contributed by atoms with Crippen molar-refractivity contribution in [2.45, 2.75) is 18.7 Å². The van der Waals surface area contributed by atoms with E-state index >= 15 is 0 Å². The Labute approximate surface area is 197 Å². The number of nitrogens with zero attached hydrogens (tertiary/aromatic N) is 4. The number of nitrogens with one attached hydrogen (secondary N) is 1. The minimum atomic E-state index is -3.82. The largest absolute Gasteiger partial charge is 0.494 e. The van der Waals surface area contributed by atoms with E-state index in [9.17, 15) is 8.42 Å². The van der Waals surface area contributed by atoms with E-state index < -0.39 is 10.0 Å². The molecular formula is C23H25N5O5S. The summed E-state index contributed by atoms with van der Waals surface area (Å²) in [6, 6.07) is 17.6. The highest BCUT2D eigenvalue weighted by Crippen LogP contribution is 2.28. The first kappa shape index (κ1) is 23.5. The fourth-order valence-electron chi connectivity index (χ4n) is 3.26. The topological polar surface area (TPSA) is 117 Å². The van der Waals surface area contributed by atoms with Crippen molar-refractivity contribution in [2.75, 3.05) is 26.4 Å². The number of ether oxygens (including phenoxy) is 3. The number of hydrogen-bond acceptors (Lipinski definition) is 8. The summed E-state index contributed by atoms with van der Waals surface area (Å²) in [7, 11) is -3.82. The van der Waals surface area contributed by atoms with Crippen LogP contribution in [0.1, 0.15) is 13.8 Å². The third-order valence-corrected chi connectivity index (χ3v) is 6.23. The number of fused-ring (bicyclic) bond motifs is 1. The van der Waals surface area contributed by atoms with Gasteiger partial charge in [-0.05, 0) is 32.0 Å². The molecule has 34 heavy (non-hydrogen) atoms. The van der Waals surface area contributed by atoms with Crippen LogP contribution in [0.25, 0.3) is 17.0 Å². The molecule has 0 saturated heterocycles. The highest BCUT2D eigenvalue weighted by atomic mass is 32.2. The van der Waals surface area contributed by atoms with Gasteiger partial charge in [-0.3, -0.25) is 0 Å². The molecule has 0 saturated carbocycles. The molecule has 10 nitrogen and oxygen atoms in total. The molecule has 4 rings (SSSR count). The number of aromatic nitrogens is 4. The molecule has 4 aromatic rings. The molecule has 2 aromatic heterocycles. The Kier molecular flexibility index (Phi) is 7.24. The Morgan fingerprint density at radius 2 is 1.71 bits per heavy atom. The molecule has 0 unspecified atom stereocenters. The second-order valence-corrected chi connectivity index (χ2v) is 8.79. The fourth-order valence-corrected chi connectivity index (χ4v) is 4.40. The molecule has 0 radical (unpaired) electrons. The van der Waals surface area contributed by atoms with Crippen molar-refractivity contribution in [3.63, 3.8) is 0 Å². The van der Waals surface area contributed by atoms with Crippen molar-refractivity contribution in [2.24, 2.45) is 0 Å². The van der Waals surface area contributed by atoms with Crippen LogP contribution in [-0.4, -0.2) is 54.6 Å². The van der Waals surface area contributed by atoms with Gasteiger partial charge >= 0.3 is 0 Å². The molecule has 0 fully saturated rings. The zero-order chi connectivity index (χ0) is 24.0. The van der Waals surface area contributed by atoms with Crippen LogP contribution in [0.5, 0.6) is 17.4 Å². The van der Waals surface area contributed by atoms with Gasteiger partial charge in [-0.15, -0.1) is 15.3 Å². The van der Waals surface area contributed by atoms with Crippen LogP contribution in [-0.2, 0) is 10.0 Å². The van der Waals surface area contributed by atoms with E-state index in [1.54, 1.807) is 35.7 Å². The van der Waals surface area contributed by atoms with Crippen LogP contribution in [0.15, 0.2) is 65.6 Å². The van der Waals surface area contributed by atoms with Gasteiger partial charge < -0.3 is 14.2 Å². The molecule has 0 atom stereocenters. The van der Waals surface area contributed by atoms with Gasteiger partial charge in [-0.1, -0.05) is 30.3 Å². The molecule has 0 aliphatic heterocycles. The predicted octanol–water partition coefficient (Wildman–Crippen LogP) is 2.95. The molecule has 0 spiro atoms. The SMILES string of the molecule is CCOc1ccc(S(=O)(=O)NCCOc2ccc3nnc(-c4ccccc4)n3n2)c(OCC)c1.